The number of benzene rings is 1. The molecule has 22 heavy (non-hydrogen) atoms. The number of hydrogen-bond donors (Lipinski definition) is 1. The third-order valence-corrected chi connectivity index (χ3v) is 4.24. The van der Waals surface area contributed by atoms with Crippen LogP contribution in [0.15, 0.2) is 30.3 Å². The largest absolute Gasteiger partial charge is 0.356 e. The Balaban J connectivity index is 1.60. The van der Waals surface area contributed by atoms with E-state index in [2.05, 4.69) is 40.5 Å². The first-order chi connectivity index (χ1) is 10.6. The zero-order chi connectivity index (χ0) is 15.8. The van der Waals surface area contributed by atoms with Crippen LogP contribution >= 0.6 is 0 Å². The summed E-state index contributed by atoms with van der Waals surface area (Å²) in [7, 11) is 0. The van der Waals surface area contributed by atoms with Crippen molar-refractivity contribution in [3.8, 4) is 0 Å². The Morgan fingerprint density at radius 2 is 1.86 bits per heavy atom. The zero-order valence-corrected chi connectivity index (χ0v) is 13.4. The van der Waals surface area contributed by atoms with Gasteiger partial charge >= 0.3 is 0 Å². The smallest absolute Gasteiger partial charge is 0.227 e. The van der Waals surface area contributed by atoms with Crippen molar-refractivity contribution >= 4 is 11.7 Å². The van der Waals surface area contributed by atoms with E-state index < -0.39 is 0 Å². The quantitative estimate of drug-likeness (QED) is 0.621. The number of nitrogens with one attached hydrogen (secondary N) is 1. The maximum Gasteiger partial charge on any atom is 0.227 e. The highest BCUT2D eigenvalue weighted by Gasteiger charge is 2.19. The lowest BCUT2D eigenvalue weighted by molar-refractivity contribution is -0.127. The summed E-state index contributed by atoms with van der Waals surface area (Å²) in [6.07, 6.45) is 3.36. The summed E-state index contributed by atoms with van der Waals surface area (Å²) in [4.78, 5) is 24.6. The van der Waals surface area contributed by atoms with Crippen molar-refractivity contribution in [1.82, 2.24) is 10.2 Å². The molecule has 0 atom stereocenters. The molecule has 0 bridgehead atoms. The Bertz CT molecular complexity index is 479. The molecule has 4 nitrogen and oxygen atoms in total. The van der Waals surface area contributed by atoms with Gasteiger partial charge in [0, 0.05) is 6.54 Å². The van der Waals surface area contributed by atoms with Crippen molar-refractivity contribution in [3.05, 3.63) is 35.9 Å². The highest BCUT2D eigenvalue weighted by molar-refractivity contribution is 5.96. The molecule has 2 rings (SSSR count). The van der Waals surface area contributed by atoms with E-state index in [9.17, 15) is 9.59 Å². The number of carbonyl (C=O) groups excluding carboxylic acids is 2. The Morgan fingerprint density at radius 1 is 1.18 bits per heavy atom. The van der Waals surface area contributed by atoms with E-state index in [1.165, 1.54) is 25.3 Å². The first-order valence-corrected chi connectivity index (χ1v) is 8.18. The van der Waals surface area contributed by atoms with Gasteiger partial charge in [0.25, 0.3) is 0 Å². The number of carbonyl (C=O) groups is 2. The van der Waals surface area contributed by atoms with Gasteiger partial charge in [-0.25, -0.2) is 0 Å². The Kier molecular flexibility index (Phi) is 6.59. The van der Waals surface area contributed by atoms with E-state index in [4.69, 9.17) is 0 Å². The second kappa shape index (κ2) is 8.69. The molecule has 0 aromatic heterocycles. The van der Waals surface area contributed by atoms with Crippen LogP contribution in [-0.2, 0) is 9.59 Å². The standard InChI is InChI=1S/C18H26N2O2/c1-15(21)14-18(22)19-10-5-11-20-12-8-17(9-13-20)16-6-3-2-4-7-16/h2-4,6-7,17H,5,8-14H2,1H3,(H,19,22). The molecule has 1 aliphatic heterocycles. The average molecular weight is 302 g/mol. The van der Waals surface area contributed by atoms with E-state index in [0.717, 1.165) is 26.1 Å². The number of rotatable bonds is 7. The van der Waals surface area contributed by atoms with Crippen LogP contribution in [-0.4, -0.2) is 42.8 Å². The molecule has 1 aromatic carbocycles. The molecule has 4 heteroatoms. The molecule has 1 fully saturated rings. The van der Waals surface area contributed by atoms with Crippen molar-refractivity contribution in [2.75, 3.05) is 26.2 Å². The van der Waals surface area contributed by atoms with E-state index in [0.29, 0.717) is 12.5 Å². The van der Waals surface area contributed by atoms with Gasteiger partial charge in [0.1, 0.15) is 5.78 Å². The van der Waals surface area contributed by atoms with Gasteiger partial charge in [-0.3, -0.25) is 9.59 Å². The monoisotopic (exact) mass is 302 g/mol. The SMILES string of the molecule is CC(=O)CC(=O)NCCCN1CCC(c2ccccc2)CC1. The fourth-order valence-electron chi connectivity index (χ4n) is 3.03. The number of likely N-dealkylation sites (tertiary alicyclic amines) is 1. The van der Waals surface area contributed by atoms with Crippen LogP contribution in [0.3, 0.4) is 0 Å². The van der Waals surface area contributed by atoms with Crippen molar-refractivity contribution in [2.45, 2.75) is 38.5 Å². The third-order valence-electron chi connectivity index (χ3n) is 4.24. The summed E-state index contributed by atoms with van der Waals surface area (Å²) in [5.41, 5.74) is 1.46. The molecule has 120 valence electrons. The molecule has 0 aliphatic carbocycles. The lowest BCUT2D eigenvalue weighted by Crippen LogP contribution is -2.35. The highest BCUT2D eigenvalue weighted by Crippen LogP contribution is 2.27. The lowest BCUT2D eigenvalue weighted by atomic mass is 9.89. The normalized spacial score (nSPS) is 16.4. The first-order valence-electron chi connectivity index (χ1n) is 8.18. The molecule has 0 spiro atoms. The average Bonchev–Trinajstić information content (AvgIpc) is 2.52. The summed E-state index contributed by atoms with van der Waals surface area (Å²) >= 11 is 0. The molecule has 1 heterocycles. The maximum atomic E-state index is 11.4. The number of piperidine rings is 1. The Labute approximate surface area is 132 Å². The summed E-state index contributed by atoms with van der Waals surface area (Å²) < 4.78 is 0. The van der Waals surface area contributed by atoms with E-state index in [1.807, 2.05) is 0 Å². The van der Waals surface area contributed by atoms with Crippen molar-refractivity contribution in [2.24, 2.45) is 0 Å². The van der Waals surface area contributed by atoms with E-state index in [1.54, 1.807) is 0 Å². The van der Waals surface area contributed by atoms with E-state index >= 15 is 0 Å². The molecule has 1 saturated heterocycles. The number of Topliss-reactive ketones (excluding diaryl/α,β-unsaturated/α-hetero) is 1. The maximum absolute atomic E-state index is 11.4. The lowest BCUT2D eigenvalue weighted by Gasteiger charge is -2.32. The number of amides is 1. The molecular formula is C18H26N2O2. The van der Waals surface area contributed by atoms with Gasteiger partial charge in [-0.15, -0.1) is 0 Å². The van der Waals surface area contributed by atoms with Crippen LogP contribution in [0.2, 0.25) is 0 Å². The minimum absolute atomic E-state index is 0.00245. The molecule has 1 aliphatic rings. The van der Waals surface area contributed by atoms with Gasteiger partial charge in [-0.05, 0) is 57.3 Å². The molecule has 0 saturated carbocycles. The minimum atomic E-state index is -0.157. The predicted octanol–water partition coefficient (Wildman–Crippen LogP) is 2.35. The summed E-state index contributed by atoms with van der Waals surface area (Å²) in [6, 6.07) is 10.8. The van der Waals surface area contributed by atoms with E-state index in [-0.39, 0.29) is 18.1 Å². The van der Waals surface area contributed by atoms with Gasteiger partial charge in [-0.1, -0.05) is 30.3 Å². The van der Waals surface area contributed by atoms with Crippen molar-refractivity contribution < 1.29 is 9.59 Å². The van der Waals surface area contributed by atoms with Crippen LogP contribution < -0.4 is 5.32 Å². The third kappa shape index (κ3) is 5.60. The number of ketones is 1. The highest BCUT2D eigenvalue weighted by atomic mass is 16.2. The number of hydrogen-bond acceptors (Lipinski definition) is 3. The molecule has 1 amide bonds. The van der Waals surface area contributed by atoms with Crippen LogP contribution in [0.25, 0.3) is 0 Å². The molecule has 0 radical (unpaired) electrons. The minimum Gasteiger partial charge on any atom is -0.356 e. The van der Waals surface area contributed by atoms with Crippen molar-refractivity contribution in [1.29, 1.82) is 0 Å². The second-order valence-electron chi connectivity index (χ2n) is 6.11. The van der Waals surface area contributed by atoms with Gasteiger partial charge in [-0.2, -0.15) is 0 Å². The predicted molar refractivity (Wildman–Crippen MR) is 87.8 cm³/mol. The number of nitrogens with zero attached hydrogens (tertiary/aromatic N) is 1. The second-order valence-corrected chi connectivity index (χ2v) is 6.11. The molecule has 1 N–H and O–H groups in total. The van der Waals surface area contributed by atoms with Crippen LogP contribution in [0, 0.1) is 0 Å². The van der Waals surface area contributed by atoms with Crippen LogP contribution in [0.5, 0.6) is 0 Å². The molecule has 0 unspecified atom stereocenters. The summed E-state index contributed by atoms with van der Waals surface area (Å²) in [5, 5.41) is 2.80. The summed E-state index contributed by atoms with van der Waals surface area (Å²) in [6.45, 7) is 5.37. The fraction of sp³-hybridized carbons (Fsp3) is 0.556. The van der Waals surface area contributed by atoms with Gasteiger partial charge < -0.3 is 10.2 Å². The topological polar surface area (TPSA) is 49.4 Å². The van der Waals surface area contributed by atoms with Gasteiger partial charge in [0.15, 0.2) is 0 Å². The van der Waals surface area contributed by atoms with Crippen molar-refractivity contribution in [3.63, 3.8) is 0 Å². The zero-order valence-electron chi connectivity index (χ0n) is 13.4. The van der Waals surface area contributed by atoms with Gasteiger partial charge in [0.05, 0.1) is 6.42 Å². The molecular weight excluding hydrogens is 276 g/mol. The van der Waals surface area contributed by atoms with Crippen LogP contribution in [0.4, 0.5) is 0 Å². The first kappa shape index (κ1) is 16.7. The van der Waals surface area contributed by atoms with Gasteiger partial charge in [0.2, 0.25) is 5.91 Å². The van der Waals surface area contributed by atoms with Crippen LogP contribution in [0.1, 0.15) is 44.1 Å². The molecule has 1 aromatic rings. The Morgan fingerprint density at radius 3 is 2.50 bits per heavy atom. The fourth-order valence-corrected chi connectivity index (χ4v) is 3.03. The Hall–Kier alpha value is -1.68. The summed E-state index contributed by atoms with van der Waals surface area (Å²) in [5.74, 6) is 0.448.